The molecule has 2 saturated carbocycles. The lowest BCUT2D eigenvalue weighted by atomic mass is 9.67. The van der Waals surface area contributed by atoms with Crippen molar-refractivity contribution in [2.45, 2.75) is 70.7 Å². The Labute approximate surface area is 152 Å². The molecule has 1 aromatic carbocycles. The molecule has 0 bridgehead atoms. The Morgan fingerprint density at radius 2 is 1.48 bits per heavy atom. The second kappa shape index (κ2) is 9.16. The number of ether oxygens (including phenoxy) is 1. The number of rotatable bonds is 6. The fraction of sp³-hybridized carbons (Fsp3) is 0.727. The molecule has 2 N–H and O–H groups in total. The first kappa shape index (κ1) is 18.9. The van der Waals surface area contributed by atoms with Gasteiger partial charge in [-0.2, -0.15) is 0 Å². The van der Waals surface area contributed by atoms with Gasteiger partial charge in [0.15, 0.2) is 0 Å². The smallest absolute Gasteiger partial charge is 0.0717 e. The van der Waals surface area contributed by atoms with Crippen LogP contribution in [0.15, 0.2) is 30.3 Å². The Kier molecular flexibility index (Phi) is 6.92. The summed E-state index contributed by atoms with van der Waals surface area (Å²) in [6, 6.07) is 10.2. The standard InChI is InChI=1S/C22H34O3/c1-2-17-8-9-18(12-21(17)23)19-10-11-20(22(24)13-19)15-25-14-16-6-4-3-5-7-16/h3-7,17-24H,2,8-15H2,1H3/t17-,18-,19-,20+,21?,22?/m0/s1. The lowest BCUT2D eigenvalue weighted by Gasteiger charge is -2.41. The third kappa shape index (κ3) is 5.06. The van der Waals surface area contributed by atoms with Gasteiger partial charge in [0, 0.05) is 5.92 Å². The van der Waals surface area contributed by atoms with Crippen molar-refractivity contribution in [2.24, 2.45) is 23.7 Å². The molecule has 0 aromatic heterocycles. The molecule has 3 heteroatoms. The zero-order chi connectivity index (χ0) is 17.6. The quantitative estimate of drug-likeness (QED) is 0.813. The van der Waals surface area contributed by atoms with Crippen LogP contribution in [0.1, 0.15) is 57.4 Å². The fourth-order valence-corrected chi connectivity index (χ4v) is 4.91. The zero-order valence-corrected chi connectivity index (χ0v) is 15.5. The van der Waals surface area contributed by atoms with E-state index in [1.165, 1.54) is 18.4 Å². The minimum absolute atomic E-state index is 0.132. The van der Waals surface area contributed by atoms with E-state index in [9.17, 15) is 10.2 Å². The summed E-state index contributed by atoms with van der Waals surface area (Å²) in [5.74, 6) is 1.92. The van der Waals surface area contributed by atoms with Crippen LogP contribution in [-0.2, 0) is 11.3 Å². The lowest BCUT2D eigenvalue weighted by Crippen LogP contribution is -2.38. The van der Waals surface area contributed by atoms with Crippen molar-refractivity contribution in [1.82, 2.24) is 0 Å². The fourth-order valence-electron chi connectivity index (χ4n) is 4.91. The van der Waals surface area contributed by atoms with E-state index in [2.05, 4.69) is 19.1 Å². The molecule has 2 fully saturated rings. The number of hydrogen-bond donors (Lipinski definition) is 2. The van der Waals surface area contributed by atoms with Crippen molar-refractivity contribution in [3.05, 3.63) is 35.9 Å². The van der Waals surface area contributed by atoms with Crippen LogP contribution in [0.2, 0.25) is 0 Å². The average Bonchev–Trinajstić information content (AvgIpc) is 2.64. The summed E-state index contributed by atoms with van der Waals surface area (Å²) in [4.78, 5) is 0. The van der Waals surface area contributed by atoms with E-state index >= 15 is 0 Å². The summed E-state index contributed by atoms with van der Waals surface area (Å²) in [6.07, 6.45) is 7.11. The van der Waals surface area contributed by atoms with Crippen molar-refractivity contribution in [3.8, 4) is 0 Å². The molecule has 2 aliphatic rings. The second-order valence-electron chi connectivity index (χ2n) is 8.21. The van der Waals surface area contributed by atoms with E-state index in [0.29, 0.717) is 31.0 Å². The molecule has 0 spiro atoms. The SMILES string of the molecule is CC[C@H]1CC[C@H]([C@H]2CC[C@H](COCc3ccccc3)C(O)C2)CC1O. The van der Waals surface area contributed by atoms with Gasteiger partial charge in [0.25, 0.3) is 0 Å². The zero-order valence-electron chi connectivity index (χ0n) is 15.5. The molecule has 3 nitrogen and oxygen atoms in total. The first-order valence-corrected chi connectivity index (χ1v) is 10.1. The molecule has 0 radical (unpaired) electrons. The second-order valence-corrected chi connectivity index (χ2v) is 8.21. The molecule has 1 aromatic rings. The maximum absolute atomic E-state index is 10.6. The summed E-state index contributed by atoms with van der Waals surface area (Å²) < 4.78 is 5.86. The molecule has 0 saturated heterocycles. The minimum atomic E-state index is -0.254. The number of aliphatic hydroxyl groups is 2. The molecule has 25 heavy (non-hydrogen) atoms. The van der Waals surface area contributed by atoms with Crippen LogP contribution in [-0.4, -0.2) is 29.0 Å². The first-order chi connectivity index (χ1) is 12.2. The van der Waals surface area contributed by atoms with Gasteiger partial charge in [-0.15, -0.1) is 0 Å². The average molecular weight is 347 g/mol. The highest BCUT2D eigenvalue weighted by atomic mass is 16.5. The highest BCUT2D eigenvalue weighted by Gasteiger charge is 2.37. The van der Waals surface area contributed by atoms with Gasteiger partial charge in [0.1, 0.15) is 0 Å². The summed E-state index contributed by atoms with van der Waals surface area (Å²) in [5.41, 5.74) is 1.19. The molecule has 0 heterocycles. The number of hydrogen-bond acceptors (Lipinski definition) is 3. The monoisotopic (exact) mass is 346 g/mol. The maximum atomic E-state index is 10.6. The Morgan fingerprint density at radius 3 is 2.04 bits per heavy atom. The summed E-state index contributed by atoms with van der Waals surface area (Å²) in [7, 11) is 0. The number of benzene rings is 1. The molecular formula is C22H34O3. The normalized spacial score (nSPS) is 36.3. The van der Waals surface area contributed by atoms with Crippen molar-refractivity contribution in [2.75, 3.05) is 6.61 Å². The van der Waals surface area contributed by atoms with Crippen molar-refractivity contribution < 1.29 is 14.9 Å². The number of aliphatic hydroxyl groups excluding tert-OH is 2. The van der Waals surface area contributed by atoms with E-state index in [4.69, 9.17) is 4.74 Å². The molecule has 0 amide bonds. The van der Waals surface area contributed by atoms with E-state index in [1.54, 1.807) is 0 Å². The Balaban J connectivity index is 1.41. The van der Waals surface area contributed by atoms with Crippen LogP contribution in [0.4, 0.5) is 0 Å². The lowest BCUT2D eigenvalue weighted by molar-refractivity contribution is -0.0388. The van der Waals surface area contributed by atoms with Gasteiger partial charge in [-0.25, -0.2) is 0 Å². The van der Waals surface area contributed by atoms with Gasteiger partial charge in [-0.05, 0) is 61.8 Å². The van der Waals surface area contributed by atoms with Crippen LogP contribution in [0, 0.1) is 23.7 Å². The van der Waals surface area contributed by atoms with Gasteiger partial charge < -0.3 is 14.9 Å². The summed E-state index contributed by atoms with van der Waals surface area (Å²) >= 11 is 0. The van der Waals surface area contributed by atoms with Crippen molar-refractivity contribution >= 4 is 0 Å². The molecular weight excluding hydrogens is 312 g/mol. The van der Waals surface area contributed by atoms with E-state index in [1.807, 2.05) is 18.2 Å². The van der Waals surface area contributed by atoms with Gasteiger partial charge >= 0.3 is 0 Å². The van der Waals surface area contributed by atoms with Crippen molar-refractivity contribution in [3.63, 3.8) is 0 Å². The Hall–Kier alpha value is -0.900. The summed E-state index contributed by atoms with van der Waals surface area (Å²) in [6.45, 7) is 3.45. The Bertz CT molecular complexity index is 503. The minimum Gasteiger partial charge on any atom is -0.393 e. The van der Waals surface area contributed by atoms with Gasteiger partial charge in [-0.1, -0.05) is 43.7 Å². The molecule has 2 unspecified atom stereocenters. The third-order valence-electron chi connectivity index (χ3n) is 6.63. The van der Waals surface area contributed by atoms with Gasteiger partial charge in [0.05, 0.1) is 25.4 Å². The van der Waals surface area contributed by atoms with Crippen LogP contribution in [0.3, 0.4) is 0 Å². The van der Waals surface area contributed by atoms with Crippen LogP contribution in [0.25, 0.3) is 0 Å². The summed E-state index contributed by atoms with van der Waals surface area (Å²) in [5, 5.41) is 20.9. The molecule has 140 valence electrons. The largest absolute Gasteiger partial charge is 0.393 e. The molecule has 3 rings (SSSR count). The Morgan fingerprint density at radius 1 is 0.880 bits per heavy atom. The van der Waals surface area contributed by atoms with Gasteiger partial charge in [0.2, 0.25) is 0 Å². The molecule has 2 aliphatic carbocycles. The van der Waals surface area contributed by atoms with Crippen LogP contribution in [0.5, 0.6) is 0 Å². The van der Waals surface area contributed by atoms with Gasteiger partial charge in [-0.3, -0.25) is 0 Å². The van der Waals surface area contributed by atoms with E-state index in [0.717, 1.165) is 32.1 Å². The molecule has 0 aliphatic heterocycles. The first-order valence-electron chi connectivity index (χ1n) is 10.1. The highest BCUT2D eigenvalue weighted by Crippen LogP contribution is 2.42. The predicted molar refractivity (Wildman–Crippen MR) is 100 cm³/mol. The van der Waals surface area contributed by atoms with E-state index in [-0.39, 0.29) is 18.1 Å². The third-order valence-corrected chi connectivity index (χ3v) is 6.63. The van der Waals surface area contributed by atoms with E-state index < -0.39 is 0 Å². The van der Waals surface area contributed by atoms with Crippen LogP contribution >= 0.6 is 0 Å². The maximum Gasteiger partial charge on any atom is 0.0717 e. The van der Waals surface area contributed by atoms with Crippen LogP contribution < -0.4 is 0 Å². The van der Waals surface area contributed by atoms with Crippen molar-refractivity contribution in [1.29, 1.82) is 0 Å². The topological polar surface area (TPSA) is 49.7 Å². The molecule has 6 atom stereocenters. The highest BCUT2D eigenvalue weighted by molar-refractivity contribution is 5.13. The predicted octanol–water partition coefficient (Wildman–Crippen LogP) is 4.17.